The maximum atomic E-state index is 13.2. The highest BCUT2D eigenvalue weighted by Gasteiger charge is 2.28. The molecule has 0 saturated heterocycles. The average Bonchev–Trinajstić information content (AvgIpc) is 3.36. The van der Waals surface area contributed by atoms with Gasteiger partial charge in [0, 0.05) is 11.8 Å². The van der Waals surface area contributed by atoms with Crippen molar-refractivity contribution >= 4 is 51.1 Å². The second-order valence-corrected chi connectivity index (χ2v) is 8.81. The monoisotopic (exact) mass is 451 g/mol. The van der Waals surface area contributed by atoms with Gasteiger partial charge in [-0.3, -0.25) is 4.72 Å². The fourth-order valence-electron chi connectivity index (χ4n) is 3.50. The molecule has 3 N–H and O–H groups in total. The molecular weight excluding hydrogens is 433 g/mol. The van der Waals surface area contributed by atoms with E-state index < -0.39 is 17.1 Å². The molecule has 1 aromatic heterocycles. The van der Waals surface area contributed by atoms with E-state index in [0.717, 1.165) is 5.56 Å². The van der Waals surface area contributed by atoms with Crippen molar-refractivity contribution in [2.24, 2.45) is 0 Å². The number of nitrogens with zero attached hydrogens (tertiary/aromatic N) is 1. The summed E-state index contributed by atoms with van der Waals surface area (Å²) in [7, 11) is -3.60. The molecule has 0 fully saturated rings. The van der Waals surface area contributed by atoms with Crippen molar-refractivity contribution in [3.8, 4) is 5.75 Å². The summed E-state index contributed by atoms with van der Waals surface area (Å²) in [6, 6.07) is 16.8. The number of sulfonamides is 1. The van der Waals surface area contributed by atoms with E-state index in [4.69, 9.17) is 13.8 Å². The van der Waals surface area contributed by atoms with Crippen molar-refractivity contribution in [3.63, 3.8) is 0 Å². The number of nitrogens with one attached hydrogen (secondary N) is 2. The molecule has 4 aromatic rings. The fourth-order valence-corrected chi connectivity index (χ4v) is 4.69. The topological polar surface area (TPSA) is 123 Å². The second kappa shape index (κ2) is 7.86. The minimum absolute atomic E-state index is 0.0298. The van der Waals surface area contributed by atoms with Gasteiger partial charge in [-0.15, -0.1) is 0 Å². The van der Waals surface area contributed by atoms with E-state index in [2.05, 4.69) is 15.0 Å². The van der Waals surface area contributed by atoms with Crippen molar-refractivity contribution in [3.05, 3.63) is 66.2 Å². The molecular formula is C21H18BN3O6S. The lowest BCUT2D eigenvalue weighted by atomic mass is 9.79. The zero-order valence-corrected chi connectivity index (χ0v) is 17.7. The van der Waals surface area contributed by atoms with Crippen LogP contribution in [0.25, 0.3) is 11.1 Å². The molecule has 9 nitrogen and oxygen atoms in total. The average molecular weight is 451 g/mol. The zero-order chi connectivity index (χ0) is 22.3. The number of methoxy groups -OCH3 is 1. The predicted octanol–water partition coefficient (Wildman–Crippen LogP) is 2.60. The first kappa shape index (κ1) is 20.4. The predicted molar refractivity (Wildman–Crippen MR) is 120 cm³/mol. The normalized spacial score (nSPS) is 13.2. The lowest BCUT2D eigenvalue weighted by Gasteiger charge is -2.14. The maximum Gasteiger partial charge on any atom is 0.491 e. The molecule has 5 rings (SSSR count). The fraction of sp³-hybridized carbons (Fsp3) is 0.0952. The van der Waals surface area contributed by atoms with E-state index in [9.17, 15) is 13.4 Å². The summed E-state index contributed by atoms with van der Waals surface area (Å²) in [5.41, 5.74) is 3.08. The van der Waals surface area contributed by atoms with Crippen LogP contribution >= 0.6 is 0 Å². The number of para-hydroxylation sites is 2. The van der Waals surface area contributed by atoms with E-state index in [1.165, 1.54) is 13.2 Å². The number of anilines is 3. The highest BCUT2D eigenvalue weighted by Crippen LogP contribution is 2.31. The van der Waals surface area contributed by atoms with Crippen LogP contribution < -0.4 is 20.2 Å². The lowest BCUT2D eigenvalue weighted by Crippen LogP contribution is -2.28. The third-order valence-corrected chi connectivity index (χ3v) is 6.51. The number of hydrogen-bond acceptors (Lipinski definition) is 8. The Kier molecular flexibility index (Phi) is 5.01. The SMILES string of the molecule is COc1ccc(S(=O)(=O)Nc2ccc3c(c2)B(O)OC3)c(Nc2nc3ccccc3o2)c1. The van der Waals surface area contributed by atoms with E-state index in [0.29, 0.717) is 28.0 Å². The Labute approximate surface area is 184 Å². The first-order valence-corrected chi connectivity index (χ1v) is 11.2. The molecule has 0 radical (unpaired) electrons. The Morgan fingerprint density at radius 1 is 1.12 bits per heavy atom. The summed E-state index contributed by atoms with van der Waals surface area (Å²) >= 11 is 0. The quantitative estimate of drug-likeness (QED) is 0.383. The van der Waals surface area contributed by atoms with Crippen LogP contribution in [0.2, 0.25) is 0 Å². The summed E-state index contributed by atoms with van der Waals surface area (Å²) in [5.74, 6) is 0.459. The molecule has 0 bridgehead atoms. The van der Waals surface area contributed by atoms with E-state index in [1.54, 1.807) is 42.5 Å². The Hall–Kier alpha value is -3.54. The van der Waals surface area contributed by atoms with Crippen LogP contribution in [-0.4, -0.2) is 32.7 Å². The molecule has 2 heterocycles. The molecule has 0 saturated carbocycles. The number of oxazole rings is 1. The van der Waals surface area contributed by atoms with Crippen LogP contribution in [0.1, 0.15) is 5.56 Å². The molecule has 11 heteroatoms. The van der Waals surface area contributed by atoms with Gasteiger partial charge in [0.2, 0.25) is 0 Å². The maximum absolute atomic E-state index is 13.2. The van der Waals surface area contributed by atoms with Crippen LogP contribution in [-0.2, 0) is 21.3 Å². The molecule has 1 aliphatic rings. The highest BCUT2D eigenvalue weighted by molar-refractivity contribution is 7.92. The number of fused-ring (bicyclic) bond motifs is 2. The van der Waals surface area contributed by atoms with Gasteiger partial charge < -0.3 is 24.1 Å². The molecule has 0 atom stereocenters. The summed E-state index contributed by atoms with van der Waals surface area (Å²) < 4.78 is 45.1. The summed E-state index contributed by atoms with van der Waals surface area (Å²) in [5, 5.41) is 12.8. The number of rotatable bonds is 6. The van der Waals surface area contributed by atoms with Gasteiger partial charge in [-0.25, -0.2) is 8.42 Å². The third kappa shape index (κ3) is 3.77. The first-order valence-electron chi connectivity index (χ1n) is 9.69. The second-order valence-electron chi connectivity index (χ2n) is 7.16. The number of aromatic nitrogens is 1. The van der Waals surface area contributed by atoms with Gasteiger partial charge in [0.05, 0.1) is 19.4 Å². The van der Waals surface area contributed by atoms with Gasteiger partial charge >= 0.3 is 7.12 Å². The molecule has 1 aliphatic heterocycles. The van der Waals surface area contributed by atoms with Crippen molar-refractivity contribution in [1.29, 1.82) is 0 Å². The van der Waals surface area contributed by atoms with E-state index >= 15 is 0 Å². The number of hydrogen-bond donors (Lipinski definition) is 3. The van der Waals surface area contributed by atoms with Crippen LogP contribution in [0.15, 0.2) is 70.0 Å². The standard InChI is InChI=1S/C21H18BN3O6S/c1-29-15-8-9-20(18(11-15)24-21-23-17-4-2-3-5-19(17)31-21)32(27,28)25-14-7-6-13-12-30-22(26)16(13)10-14/h2-11,25-26H,12H2,1H3,(H,23,24). The van der Waals surface area contributed by atoms with Gasteiger partial charge in [-0.05, 0) is 47.4 Å². The van der Waals surface area contributed by atoms with E-state index in [1.807, 2.05) is 12.1 Å². The minimum Gasteiger partial charge on any atom is -0.497 e. The van der Waals surface area contributed by atoms with Crippen LogP contribution in [0.3, 0.4) is 0 Å². The van der Waals surface area contributed by atoms with Crippen molar-refractivity contribution in [1.82, 2.24) is 4.98 Å². The molecule has 0 unspecified atom stereocenters. The molecule has 0 amide bonds. The molecule has 0 aliphatic carbocycles. The smallest absolute Gasteiger partial charge is 0.491 e. The van der Waals surface area contributed by atoms with Gasteiger partial charge in [0.25, 0.3) is 16.0 Å². The van der Waals surface area contributed by atoms with Crippen molar-refractivity contribution in [2.75, 3.05) is 17.1 Å². The van der Waals surface area contributed by atoms with Crippen LogP contribution in [0, 0.1) is 0 Å². The molecule has 32 heavy (non-hydrogen) atoms. The van der Waals surface area contributed by atoms with Gasteiger partial charge in [0.15, 0.2) is 5.58 Å². The largest absolute Gasteiger partial charge is 0.497 e. The Balaban J connectivity index is 1.50. The Morgan fingerprint density at radius 2 is 1.97 bits per heavy atom. The number of benzene rings is 3. The van der Waals surface area contributed by atoms with Crippen molar-refractivity contribution in [2.45, 2.75) is 11.5 Å². The number of ether oxygens (including phenoxy) is 1. The molecule has 162 valence electrons. The zero-order valence-electron chi connectivity index (χ0n) is 16.9. The first-order chi connectivity index (χ1) is 15.4. The summed E-state index contributed by atoms with van der Waals surface area (Å²) in [6.07, 6.45) is 0. The molecule has 0 spiro atoms. The summed E-state index contributed by atoms with van der Waals surface area (Å²) in [4.78, 5) is 4.31. The van der Waals surface area contributed by atoms with Gasteiger partial charge in [-0.1, -0.05) is 18.2 Å². The van der Waals surface area contributed by atoms with Crippen LogP contribution in [0.4, 0.5) is 17.4 Å². The van der Waals surface area contributed by atoms with Crippen molar-refractivity contribution < 1.29 is 27.3 Å². The van der Waals surface area contributed by atoms with Gasteiger partial charge in [-0.2, -0.15) is 4.98 Å². The Bertz CT molecular complexity index is 1390. The minimum atomic E-state index is -4.01. The lowest BCUT2D eigenvalue weighted by molar-refractivity contribution is 0.275. The Morgan fingerprint density at radius 3 is 2.78 bits per heavy atom. The van der Waals surface area contributed by atoms with Gasteiger partial charge in [0.1, 0.15) is 16.2 Å². The van der Waals surface area contributed by atoms with Crippen LogP contribution in [0.5, 0.6) is 5.75 Å². The summed E-state index contributed by atoms with van der Waals surface area (Å²) in [6.45, 7) is 0.278. The van der Waals surface area contributed by atoms with E-state index in [-0.39, 0.29) is 23.2 Å². The third-order valence-electron chi connectivity index (χ3n) is 5.07. The molecule has 3 aromatic carbocycles. The highest BCUT2D eigenvalue weighted by atomic mass is 32.2.